The number of aliphatic hydroxyl groups excluding tert-OH is 1. The van der Waals surface area contributed by atoms with Gasteiger partial charge in [0.2, 0.25) is 5.91 Å². The highest BCUT2D eigenvalue weighted by atomic mass is 16.5. The molecule has 0 spiro atoms. The fourth-order valence-corrected chi connectivity index (χ4v) is 2.41. The molecule has 23 heavy (non-hydrogen) atoms. The predicted molar refractivity (Wildman–Crippen MR) is 83.4 cm³/mol. The molecule has 2 rings (SSSR count). The molecule has 0 radical (unpaired) electrons. The number of ether oxygens (including phenoxy) is 2. The maximum absolute atomic E-state index is 12.2. The van der Waals surface area contributed by atoms with Gasteiger partial charge in [0.05, 0.1) is 18.6 Å². The molecule has 1 aromatic carbocycles. The number of carbonyl (C=O) groups is 2. The summed E-state index contributed by atoms with van der Waals surface area (Å²) in [7, 11) is 0. The first kappa shape index (κ1) is 17.4. The first-order valence-corrected chi connectivity index (χ1v) is 7.84. The quantitative estimate of drug-likeness (QED) is 0.764. The summed E-state index contributed by atoms with van der Waals surface area (Å²) < 4.78 is 10.5. The number of nitrogens with one attached hydrogen (secondary N) is 1. The van der Waals surface area contributed by atoms with Crippen molar-refractivity contribution in [3.05, 3.63) is 35.9 Å². The van der Waals surface area contributed by atoms with E-state index < -0.39 is 18.1 Å². The zero-order valence-electron chi connectivity index (χ0n) is 13.2. The standard InChI is InChI=1S/C17H23NO5/c1-12(19)15(18-16(20)14-8-5-9-22-11-14)17(21)23-10-13-6-3-2-4-7-13/h2-4,6-7,12,14-15,19H,5,8-11H2,1H3,(H,18,20)/t12-,14?,15-/m0/s1. The van der Waals surface area contributed by atoms with Crippen molar-refractivity contribution in [3.63, 3.8) is 0 Å². The molecule has 1 heterocycles. The van der Waals surface area contributed by atoms with Gasteiger partial charge in [0.25, 0.3) is 0 Å². The molecule has 1 saturated heterocycles. The minimum absolute atomic E-state index is 0.102. The van der Waals surface area contributed by atoms with Gasteiger partial charge in [-0.2, -0.15) is 0 Å². The number of esters is 1. The number of aliphatic hydroxyl groups is 1. The van der Waals surface area contributed by atoms with Gasteiger partial charge >= 0.3 is 5.97 Å². The summed E-state index contributed by atoms with van der Waals surface area (Å²) in [5.41, 5.74) is 0.845. The van der Waals surface area contributed by atoms with Crippen molar-refractivity contribution in [3.8, 4) is 0 Å². The van der Waals surface area contributed by atoms with Gasteiger partial charge in [-0.1, -0.05) is 30.3 Å². The van der Waals surface area contributed by atoms with E-state index in [1.54, 1.807) is 0 Å². The Morgan fingerprint density at radius 3 is 2.74 bits per heavy atom. The maximum Gasteiger partial charge on any atom is 0.331 e. The molecule has 6 heteroatoms. The molecule has 2 N–H and O–H groups in total. The van der Waals surface area contributed by atoms with Crippen LogP contribution in [0.5, 0.6) is 0 Å². The Bertz CT molecular complexity index is 511. The molecular formula is C17H23NO5. The summed E-state index contributed by atoms with van der Waals surface area (Å²) in [5.74, 6) is -1.21. The van der Waals surface area contributed by atoms with E-state index in [0.717, 1.165) is 18.4 Å². The monoisotopic (exact) mass is 321 g/mol. The van der Waals surface area contributed by atoms with Crippen LogP contribution in [-0.2, 0) is 25.7 Å². The average Bonchev–Trinajstić information content (AvgIpc) is 2.58. The number of rotatable bonds is 6. The van der Waals surface area contributed by atoms with E-state index in [4.69, 9.17) is 9.47 Å². The van der Waals surface area contributed by atoms with Gasteiger partial charge < -0.3 is 19.9 Å². The Morgan fingerprint density at radius 1 is 1.39 bits per heavy atom. The SMILES string of the molecule is C[C@H](O)[C@H](NC(=O)C1CCCOC1)C(=O)OCc1ccccc1. The Morgan fingerprint density at radius 2 is 2.13 bits per heavy atom. The summed E-state index contributed by atoms with van der Waals surface area (Å²) in [6.45, 7) is 2.55. The first-order chi connectivity index (χ1) is 11.1. The molecule has 0 aliphatic carbocycles. The summed E-state index contributed by atoms with van der Waals surface area (Å²) >= 11 is 0. The highest BCUT2D eigenvalue weighted by molar-refractivity contribution is 5.86. The van der Waals surface area contributed by atoms with Crippen molar-refractivity contribution < 1.29 is 24.2 Å². The van der Waals surface area contributed by atoms with Gasteiger partial charge in [-0.15, -0.1) is 0 Å². The molecule has 1 aliphatic heterocycles. The van der Waals surface area contributed by atoms with Crippen LogP contribution in [0.3, 0.4) is 0 Å². The van der Waals surface area contributed by atoms with Crippen LogP contribution in [0.25, 0.3) is 0 Å². The van der Waals surface area contributed by atoms with E-state index in [0.29, 0.717) is 13.2 Å². The lowest BCUT2D eigenvalue weighted by Gasteiger charge is -2.25. The summed E-state index contributed by atoms with van der Waals surface area (Å²) in [4.78, 5) is 24.3. The second-order valence-electron chi connectivity index (χ2n) is 5.73. The first-order valence-electron chi connectivity index (χ1n) is 7.84. The van der Waals surface area contributed by atoms with Crippen LogP contribution in [-0.4, -0.2) is 42.3 Å². The average molecular weight is 321 g/mol. The van der Waals surface area contributed by atoms with E-state index in [9.17, 15) is 14.7 Å². The minimum Gasteiger partial charge on any atom is -0.459 e. The molecule has 0 saturated carbocycles. The second kappa shape index (κ2) is 8.64. The Balaban J connectivity index is 1.89. The van der Waals surface area contributed by atoms with Crippen molar-refractivity contribution in [2.75, 3.05) is 13.2 Å². The third-order valence-corrected chi connectivity index (χ3v) is 3.79. The largest absolute Gasteiger partial charge is 0.459 e. The Labute approximate surface area is 135 Å². The highest BCUT2D eigenvalue weighted by Gasteiger charge is 2.30. The highest BCUT2D eigenvalue weighted by Crippen LogP contribution is 2.14. The lowest BCUT2D eigenvalue weighted by atomic mass is 10.0. The molecule has 3 atom stereocenters. The molecule has 6 nitrogen and oxygen atoms in total. The van der Waals surface area contributed by atoms with Gasteiger partial charge in [0, 0.05) is 6.61 Å². The van der Waals surface area contributed by atoms with Crippen LogP contribution < -0.4 is 5.32 Å². The molecular weight excluding hydrogens is 298 g/mol. The van der Waals surface area contributed by atoms with Crippen LogP contribution in [0.2, 0.25) is 0 Å². The van der Waals surface area contributed by atoms with Crippen LogP contribution >= 0.6 is 0 Å². The number of amides is 1. The van der Waals surface area contributed by atoms with Gasteiger partial charge in [-0.05, 0) is 25.3 Å². The molecule has 1 aromatic rings. The van der Waals surface area contributed by atoms with Crippen molar-refractivity contribution >= 4 is 11.9 Å². The van der Waals surface area contributed by atoms with Crippen molar-refractivity contribution in [2.24, 2.45) is 5.92 Å². The number of carbonyl (C=O) groups excluding carboxylic acids is 2. The molecule has 1 fully saturated rings. The van der Waals surface area contributed by atoms with Crippen molar-refractivity contribution in [1.29, 1.82) is 0 Å². The number of hydrogen-bond acceptors (Lipinski definition) is 5. The number of hydrogen-bond donors (Lipinski definition) is 2. The zero-order chi connectivity index (χ0) is 16.7. The van der Waals surface area contributed by atoms with Crippen LogP contribution in [0, 0.1) is 5.92 Å². The number of benzene rings is 1. The lowest BCUT2D eigenvalue weighted by molar-refractivity contribution is -0.153. The van der Waals surface area contributed by atoms with Crippen molar-refractivity contribution in [1.82, 2.24) is 5.32 Å². The lowest BCUT2D eigenvalue weighted by Crippen LogP contribution is -2.51. The third kappa shape index (κ3) is 5.33. The molecule has 0 bridgehead atoms. The van der Waals surface area contributed by atoms with E-state index in [-0.39, 0.29) is 18.4 Å². The molecule has 1 amide bonds. The predicted octanol–water partition coefficient (Wildman–Crippen LogP) is 1.02. The zero-order valence-corrected chi connectivity index (χ0v) is 13.2. The smallest absolute Gasteiger partial charge is 0.331 e. The van der Waals surface area contributed by atoms with Crippen LogP contribution in [0.15, 0.2) is 30.3 Å². The fraction of sp³-hybridized carbons (Fsp3) is 0.529. The normalized spacial score (nSPS) is 20.3. The Hall–Kier alpha value is -1.92. The molecule has 0 aromatic heterocycles. The van der Waals surface area contributed by atoms with E-state index in [2.05, 4.69) is 5.32 Å². The second-order valence-corrected chi connectivity index (χ2v) is 5.73. The van der Waals surface area contributed by atoms with Gasteiger partial charge in [-0.25, -0.2) is 4.79 Å². The minimum atomic E-state index is -1.08. The topological polar surface area (TPSA) is 84.9 Å². The van der Waals surface area contributed by atoms with Crippen molar-refractivity contribution in [2.45, 2.75) is 38.5 Å². The fourth-order valence-electron chi connectivity index (χ4n) is 2.41. The Kier molecular flexibility index (Phi) is 6.55. The van der Waals surface area contributed by atoms with E-state index >= 15 is 0 Å². The maximum atomic E-state index is 12.2. The summed E-state index contributed by atoms with van der Waals surface area (Å²) in [6.07, 6.45) is 0.500. The van der Waals surface area contributed by atoms with Gasteiger partial charge in [0.15, 0.2) is 6.04 Å². The van der Waals surface area contributed by atoms with E-state index in [1.165, 1.54) is 6.92 Å². The van der Waals surface area contributed by atoms with Gasteiger partial charge in [0.1, 0.15) is 6.61 Å². The van der Waals surface area contributed by atoms with Gasteiger partial charge in [-0.3, -0.25) is 4.79 Å². The third-order valence-electron chi connectivity index (χ3n) is 3.79. The molecule has 1 unspecified atom stereocenters. The molecule has 126 valence electrons. The van der Waals surface area contributed by atoms with Crippen LogP contribution in [0.1, 0.15) is 25.3 Å². The molecule has 1 aliphatic rings. The van der Waals surface area contributed by atoms with E-state index in [1.807, 2.05) is 30.3 Å². The summed E-state index contributed by atoms with van der Waals surface area (Å²) in [5, 5.41) is 12.4. The summed E-state index contributed by atoms with van der Waals surface area (Å²) in [6, 6.07) is 8.16. The van der Waals surface area contributed by atoms with Crippen LogP contribution in [0.4, 0.5) is 0 Å².